The van der Waals surface area contributed by atoms with Crippen LogP contribution in [-0.2, 0) is 0 Å². The summed E-state index contributed by atoms with van der Waals surface area (Å²) in [5.41, 5.74) is 7.31. The van der Waals surface area contributed by atoms with Crippen molar-refractivity contribution < 1.29 is 4.39 Å². The second kappa shape index (κ2) is 3.72. The second-order valence-corrected chi connectivity index (χ2v) is 4.34. The number of nitrogens with two attached hydrogens (primary N) is 1. The molecule has 3 N–H and O–H groups in total. The molecule has 1 aromatic rings. The molecule has 1 aromatic carbocycles. The normalized spacial score (nSPS) is 18.3. The molecule has 0 amide bonds. The molecule has 0 aliphatic heterocycles. The van der Waals surface area contributed by atoms with Gasteiger partial charge in [0.15, 0.2) is 0 Å². The van der Waals surface area contributed by atoms with Crippen LogP contribution in [-0.4, -0.2) is 5.54 Å². The van der Waals surface area contributed by atoms with Crippen LogP contribution in [0.15, 0.2) is 18.2 Å². The maximum Gasteiger partial charge on any atom is 0.125 e. The minimum atomic E-state index is -0.280. The Labute approximate surface area is 89.7 Å². The van der Waals surface area contributed by atoms with E-state index in [1.165, 1.54) is 31.4 Å². The zero-order chi connectivity index (χ0) is 10.9. The molecule has 0 heterocycles. The van der Waals surface area contributed by atoms with Crippen molar-refractivity contribution in [2.75, 3.05) is 11.1 Å². The quantitative estimate of drug-likeness (QED) is 0.749. The highest BCUT2D eigenvalue weighted by atomic mass is 19.1. The van der Waals surface area contributed by atoms with E-state index in [4.69, 9.17) is 5.73 Å². The zero-order valence-corrected chi connectivity index (χ0v) is 9.02. The number of rotatable bonds is 3. The summed E-state index contributed by atoms with van der Waals surface area (Å²) in [5.74, 6) is -0.280. The van der Waals surface area contributed by atoms with Crippen molar-refractivity contribution in [3.8, 4) is 0 Å². The van der Waals surface area contributed by atoms with E-state index in [1.54, 1.807) is 6.07 Å². The van der Waals surface area contributed by atoms with Crippen LogP contribution in [0.25, 0.3) is 0 Å². The summed E-state index contributed by atoms with van der Waals surface area (Å²) in [6.45, 7) is 2.17. The highest BCUT2D eigenvalue weighted by Gasteiger charge is 2.35. The molecule has 0 saturated heterocycles. The molecule has 1 fully saturated rings. The Kier molecular flexibility index (Phi) is 2.55. The second-order valence-electron chi connectivity index (χ2n) is 4.34. The molecule has 0 atom stereocenters. The maximum absolute atomic E-state index is 12.9. The fraction of sp³-hybridized carbons (Fsp3) is 0.500. The number of nitrogen functional groups attached to an aromatic ring is 1. The van der Waals surface area contributed by atoms with E-state index in [1.807, 2.05) is 0 Å². The first-order valence-electron chi connectivity index (χ1n) is 5.48. The summed E-state index contributed by atoms with van der Waals surface area (Å²) in [5, 5.41) is 3.45. The fourth-order valence-electron chi connectivity index (χ4n) is 2.10. The smallest absolute Gasteiger partial charge is 0.125 e. The molecular formula is C12H17FN2. The minimum absolute atomic E-state index is 0.200. The van der Waals surface area contributed by atoms with Gasteiger partial charge in [0.2, 0.25) is 0 Å². The lowest BCUT2D eigenvalue weighted by atomic mass is 9.74. The number of hydrogen-bond donors (Lipinski definition) is 2. The van der Waals surface area contributed by atoms with Crippen molar-refractivity contribution in [3.63, 3.8) is 0 Å². The van der Waals surface area contributed by atoms with Crippen LogP contribution in [0.3, 0.4) is 0 Å². The predicted molar refractivity (Wildman–Crippen MR) is 61.3 cm³/mol. The standard InChI is InChI=1S/C12H17FN2/c1-2-12(6-3-7-12)15-11-5-4-9(13)8-10(11)14/h4-5,8,15H,2-3,6-7,14H2,1H3. The molecule has 1 aliphatic carbocycles. The van der Waals surface area contributed by atoms with Crippen LogP contribution in [0, 0.1) is 5.82 Å². The number of halogens is 1. The molecule has 2 rings (SSSR count). The molecule has 15 heavy (non-hydrogen) atoms. The predicted octanol–water partition coefficient (Wildman–Crippen LogP) is 3.15. The maximum atomic E-state index is 12.9. The van der Waals surface area contributed by atoms with E-state index in [0.717, 1.165) is 12.1 Å². The number of anilines is 2. The van der Waals surface area contributed by atoms with Crippen molar-refractivity contribution in [2.24, 2.45) is 0 Å². The highest BCUT2D eigenvalue weighted by Crippen LogP contribution is 2.39. The first-order chi connectivity index (χ1) is 7.15. The summed E-state index contributed by atoms with van der Waals surface area (Å²) in [7, 11) is 0. The van der Waals surface area contributed by atoms with Crippen LogP contribution in [0.5, 0.6) is 0 Å². The summed E-state index contributed by atoms with van der Waals surface area (Å²) in [6.07, 6.45) is 4.71. The Morgan fingerprint density at radius 1 is 1.47 bits per heavy atom. The van der Waals surface area contributed by atoms with Gasteiger partial charge in [-0.2, -0.15) is 0 Å². The van der Waals surface area contributed by atoms with Crippen molar-refractivity contribution >= 4 is 11.4 Å². The van der Waals surface area contributed by atoms with Crippen LogP contribution >= 0.6 is 0 Å². The number of benzene rings is 1. The molecule has 0 radical (unpaired) electrons. The molecule has 0 aromatic heterocycles. The average Bonchev–Trinajstić information content (AvgIpc) is 2.14. The van der Waals surface area contributed by atoms with E-state index in [-0.39, 0.29) is 11.4 Å². The summed E-state index contributed by atoms with van der Waals surface area (Å²) in [6, 6.07) is 4.53. The average molecular weight is 208 g/mol. The third kappa shape index (κ3) is 1.91. The van der Waals surface area contributed by atoms with Gasteiger partial charge in [-0.15, -0.1) is 0 Å². The summed E-state index contributed by atoms with van der Waals surface area (Å²) in [4.78, 5) is 0. The molecule has 3 heteroatoms. The molecule has 82 valence electrons. The van der Waals surface area contributed by atoms with Gasteiger partial charge in [-0.1, -0.05) is 6.92 Å². The van der Waals surface area contributed by atoms with Gasteiger partial charge in [0.05, 0.1) is 11.4 Å². The van der Waals surface area contributed by atoms with Gasteiger partial charge in [0.1, 0.15) is 5.82 Å². The molecular weight excluding hydrogens is 191 g/mol. The zero-order valence-electron chi connectivity index (χ0n) is 9.02. The Morgan fingerprint density at radius 3 is 2.67 bits per heavy atom. The first kappa shape index (κ1) is 10.3. The third-order valence-electron chi connectivity index (χ3n) is 3.40. The lowest BCUT2D eigenvalue weighted by Gasteiger charge is -2.43. The van der Waals surface area contributed by atoms with Gasteiger partial charge >= 0.3 is 0 Å². The van der Waals surface area contributed by atoms with Crippen molar-refractivity contribution in [1.82, 2.24) is 0 Å². The van der Waals surface area contributed by atoms with Crippen molar-refractivity contribution in [3.05, 3.63) is 24.0 Å². The number of nitrogens with one attached hydrogen (secondary N) is 1. The fourth-order valence-corrected chi connectivity index (χ4v) is 2.10. The molecule has 0 bridgehead atoms. The van der Waals surface area contributed by atoms with E-state index in [9.17, 15) is 4.39 Å². The van der Waals surface area contributed by atoms with Gasteiger partial charge in [-0.25, -0.2) is 4.39 Å². The SMILES string of the molecule is CCC1(Nc2ccc(F)cc2N)CCC1. The summed E-state index contributed by atoms with van der Waals surface area (Å²) >= 11 is 0. The topological polar surface area (TPSA) is 38.0 Å². The van der Waals surface area contributed by atoms with E-state index >= 15 is 0 Å². The van der Waals surface area contributed by atoms with Gasteiger partial charge < -0.3 is 11.1 Å². The van der Waals surface area contributed by atoms with E-state index in [0.29, 0.717) is 5.69 Å². The van der Waals surface area contributed by atoms with E-state index < -0.39 is 0 Å². The Hall–Kier alpha value is -1.25. The van der Waals surface area contributed by atoms with Gasteiger partial charge in [-0.05, 0) is 43.9 Å². The Bertz CT molecular complexity index is 353. The molecule has 0 spiro atoms. The Balaban J connectivity index is 2.16. The lowest BCUT2D eigenvalue weighted by Crippen LogP contribution is -2.44. The van der Waals surface area contributed by atoms with Crippen LogP contribution in [0.1, 0.15) is 32.6 Å². The number of hydrogen-bond acceptors (Lipinski definition) is 2. The minimum Gasteiger partial charge on any atom is -0.397 e. The molecule has 0 unspecified atom stereocenters. The van der Waals surface area contributed by atoms with E-state index in [2.05, 4.69) is 12.2 Å². The highest BCUT2D eigenvalue weighted by molar-refractivity contribution is 5.67. The van der Waals surface area contributed by atoms with Gasteiger partial charge in [0, 0.05) is 5.54 Å². The lowest BCUT2D eigenvalue weighted by molar-refractivity contribution is 0.269. The molecule has 1 saturated carbocycles. The van der Waals surface area contributed by atoms with Crippen molar-refractivity contribution in [2.45, 2.75) is 38.1 Å². The van der Waals surface area contributed by atoms with Crippen LogP contribution < -0.4 is 11.1 Å². The van der Waals surface area contributed by atoms with Gasteiger partial charge in [0.25, 0.3) is 0 Å². The van der Waals surface area contributed by atoms with Gasteiger partial charge in [-0.3, -0.25) is 0 Å². The van der Waals surface area contributed by atoms with Crippen molar-refractivity contribution in [1.29, 1.82) is 0 Å². The van der Waals surface area contributed by atoms with Crippen LogP contribution in [0.2, 0.25) is 0 Å². The largest absolute Gasteiger partial charge is 0.397 e. The summed E-state index contributed by atoms with van der Waals surface area (Å²) < 4.78 is 12.9. The Morgan fingerprint density at radius 2 is 2.20 bits per heavy atom. The molecule has 1 aliphatic rings. The molecule has 2 nitrogen and oxygen atoms in total. The monoisotopic (exact) mass is 208 g/mol. The van der Waals surface area contributed by atoms with Crippen LogP contribution in [0.4, 0.5) is 15.8 Å². The first-order valence-corrected chi connectivity index (χ1v) is 5.48. The third-order valence-corrected chi connectivity index (χ3v) is 3.40.